The number of benzene rings is 1. The van der Waals surface area contributed by atoms with Crippen LogP contribution in [0.1, 0.15) is 26.3 Å². The van der Waals surface area contributed by atoms with Gasteiger partial charge in [0.05, 0.1) is 11.8 Å². The van der Waals surface area contributed by atoms with E-state index in [4.69, 9.17) is 4.74 Å². The van der Waals surface area contributed by atoms with Crippen molar-refractivity contribution in [1.82, 2.24) is 9.71 Å². The van der Waals surface area contributed by atoms with Crippen molar-refractivity contribution in [3.05, 3.63) is 63.9 Å². The molecule has 1 heterocycles. The van der Waals surface area contributed by atoms with Gasteiger partial charge < -0.3 is 4.74 Å². The first-order valence-electron chi connectivity index (χ1n) is 7.59. The minimum Gasteiger partial charge on any atom is -0.454 e. The number of nitrogens with one attached hydrogen (secondary N) is 1. The molecule has 0 unspecified atom stereocenters. The van der Waals surface area contributed by atoms with Crippen molar-refractivity contribution in [1.29, 1.82) is 0 Å². The molecule has 1 N–H and O–H groups in total. The first-order valence-corrected chi connectivity index (χ1v) is 10.3. The van der Waals surface area contributed by atoms with Crippen LogP contribution in [0.25, 0.3) is 0 Å². The number of esters is 1. The number of ether oxygens (including phenoxy) is 1. The van der Waals surface area contributed by atoms with Crippen LogP contribution in [0.4, 0.5) is 0 Å². The Bertz CT molecular complexity index is 898. The first kappa shape index (κ1) is 20.2. The summed E-state index contributed by atoms with van der Waals surface area (Å²) in [6.45, 7) is -0.0925. The van der Waals surface area contributed by atoms with Gasteiger partial charge in [-0.25, -0.2) is 17.9 Å². The van der Waals surface area contributed by atoms with E-state index in [1.165, 1.54) is 12.4 Å². The van der Waals surface area contributed by atoms with E-state index >= 15 is 0 Å². The Hall–Kier alpha value is -2.10. The molecule has 0 saturated carbocycles. The number of hydrogen-bond donors (Lipinski definition) is 1. The Kier molecular flexibility index (Phi) is 7.01. The van der Waals surface area contributed by atoms with Gasteiger partial charge in [-0.1, -0.05) is 24.3 Å². The van der Waals surface area contributed by atoms with Gasteiger partial charge in [-0.05, 0) is 34.0 Å². The van der Waals surface area contributed by atoms with Crippen molar-refractivity contribution in [2.75, 3.05) is 19.4 Å². The molecule has 0 saturated heterocycles. The maximum atomic E-state index is 12.1. The monoisotopic (exact) mass is 440 g/mol. The molecule has 0 fully saturated rings. The smallest absolute Gasteiger partial charge is 0.340 e. The Labute approximate surface area is 160 Å². The van der Waals surface area contributed by atoms with Crippen molar-refractivity contribution in [2.24, 2.45) is 0 Å². The summed E-state index contributed by atoms with van der Waals surface area (Å²) in [6.07, 6.45) is 4.50. The topological polar surface area (TPSA) is 102 Å². The molecular formula is C17H17BrN2O5S. The molecule has 0 aliphatic carbocycles. The van der Waals surface area contributed by atoms with Gasteiger partial charge in [0.2, 0.25) is 10.0 Å². The van der Waals surface area contributed by atoms with E-state index in [2.05, 4.69) is 25.6 Å². The van der Waals surface area contributed by atoms with Crippen molar-refractivity contribution in [3.8, 4) is 0 Å². The summed E-state index contributed by atoms with van der Waals surface area (Å²) in [4.78, 5) is 27.9. The summed E-state index contributed by atoms with van der Waals surface area (Å²) >= 11 is 3.21. The van der Waals surface area contributed by atoms with Crippen LogP contribution in [0.15, 0.2) is 47.2 Å². The summed E-state index contributed by atoms with van der Waals surface area (Å²) < 4.78 is 30.1. The summed E-state index contributed by atoms with van der Waals surface area (Å²) in [5.41, 5.74) is 1.54. The quantitative estimate of drug-likeness (QED) is 0.497. The fraction of sp³-hybridized carbons (Fsp3) is 0.235. The zero-order valence-electron chi connectivity index (χ0n) is 13.9. The van der Waals surface area contributed by atoms with Gasteiger partial charge in [-0.2, -0.15) is 0 Å². The number of sulfonamides is 1. The minimum absolute atomic E-state index is 0.251. The third-order valence-electron chi connectivity index (χ3n) is 3.33. The highest BCUT2D eigenvalue weighted by Crippen LogP contribution is 2.11. The van der Waals surface area contributed by atoms with Crippen LogP contribution >= 0.6 is 15.9 Å². The molecule has 2 aromatic rings. The summed E-state index contributed by atoms with van der Waals surface area (Å²) in [5.74, 6) is -0.960. The number of ketones is 1. The molecule has 0 radical (unpaired) electrons. The van der Waals surface area contributed by atoms with Gasteiger partial charge in [-0.3, -0.25) is 9.78 Å². The third kappa shape index (κ3) is 6.66. The average Bonchev–Trinajstić information content (AvgIpc) is 2.59. The van der Waals surface area contributed by atoms with Crippen molar-refractivity contribution >= 4 is 37.7 Å². The van der Waals surface area contributed by atoms with Crippen molar-refractivity contribution < 1.29 is 22.7 Å². The molecule has 0 amide bonds. The largest absolute Gasteiger partial charge is 0.454 e. The van der Waals surface area contributed by atoms with E-state index in [-0.39, 0.29) is 24.5 Å². The Morgan fingerprint density at radius 3 is 2.46 bits per heavy atom. The molecule has 7 nitrogen and oxygen atoms in total. The summed E-state index contributed by atoms with van der Waals surface area (Å²) in [5, 5.41) is 0. The van der Waals surface area contributed by atoms with Crippen LogP contribution in [0.5, 0.6) is 0 Å². The number of halogens is 1. The highest BCUT2D eigenvalue weighted by Gasteiger charge is 2.12. The maximum absolute atomic E-state index is 12.1. The number of pyridine rings is 1. The Morgan fingerprint density at radius 2 is 1.85 bits per heavy atom. The van der Waals surface area contributed by atoms with Crippen LogP contribution in [0, 0.1) is 0 Å². The highest BCUT2D eigenvalue weighted by atomic mass is 79.9. The minimum atomic E-state index is -3.22. The van der Waals surface area contributed by atoms with Crippen LogP contribution < -0.4 is 4.72 Å². The van der Waals surface area contributed by atoms with E-state index in [0.29, 0.717) is 16.5 Å². The fourth-order valence-corrected chi connectivity index (χ4v) is 2.90. The van der Waals surface area contributed by atoms with Gasteiger partial charge in [0.15, 0.2) is 12.4 Å². The van der Waals surface area contributed by atoms with Gasteiger partial charge in [-0.15, -0.1) is 0 Å². The van der Waals surface area contributed by atoms with Crippen LogP contribution in [-0.4, -0.2) is 44.6 Å². The number of nitrogens with zero attached hydrogens (tertiary/aromatic N) is 1. The number of hydrogen-bond acceptors (Lipinski definition) is 6. The van der Waals surface area contributed by atoms with Crippen molar-refractivity contribution in [2.45, 2.75) is 6.42 Å². The average molecular weight is 441 g/mol. The standard InChI is InChI=1S/C17H17BrN2O5S/c1-26(23,24)20-7-6-12-2-4-13(5-3-12)16(21)11-25-17(22)14-8-15(18)10-19-9-14/h2-5,8-10,20H,6-7,11H2,1H3. The summed E-state index contributed by atoms with van der Waals surface area (Å²) in [6, 6.07) is 8.26. The third-order valence-corrected chi connectivity index (χ3v) is 4.49. The van der Waals surface area contributed by atoms with Gasteiger partial charge in [0.1, 0.15) is 0 Å². The predicted octanol–water partition coefficient (Wildman–Crippen LogP) is 1.98. The second kappa shape index (κ2) is 9.02. The fourth-order valence-electron chi connectivity index (χ4n) is 2.06. The molecule has 1 aromatic carbocycles. The molecule has 0 aliphatic heterocycles. The van der Waals surface area contributed by atoms with Gasteiger partial charge >= 0.3 is 5.97 Å². The maximum Gasteiger partial charge on any atom is 0.340 e. The number of carbonyl (C=O) groups is 2. The van der Waals surface area contributed by atoms with Gasteiger partial charge in [0.25, 0.3) is 0 Å². The molecule has 2 rings (SSSR count). The van der Waals surface area contributed by atoms with Crippen LogP contribution in [0.2, 0.25) is 0 Å². The van der Waals surface area contributed by atoms with Crippen LogP contribution in [-0.2, 0) is 21.2 Å². The van der Waals surface area contributed by atoms with E-state index < -0.39 is 16.0 Å². The van der Waals surface area contributed by atoms with E-state index in [0.717, 1.165) is 11.8 Å². The molecule has 26 heavy (non-hydrogen) atoms. The SMILES string of the molecule is CS(=O)(=O)NCCc1ccc(C(=O)COC(=O)c2cncc(Br)c2)cc1. The lowest BCUT2D eigenvalue weighted by atomic mass is 10.1. The second-order valence-electron chi connectivity index (χ2n) is 5.50. The lowest BCUT2D eigenvalue weighted by Crippen LogP contribution is -2.24. The summed E-state index contributed by atoms with van der Waals surface area (Å²) in [7, 11) is -3.22. The number of rotatable bonds is 8. The molecule has 0 aliphatic rings. The normalized spacial score (nSPS) is 11.2. The Morgan fingerprint density at radius 1 is 1.15 bits per heavy atom. The van der Waals surface area contributed by atoms with E-state index in [1.807, 2.05) is 0 Å². The Balaban J connectivity index is 1.86. The molecule has 0 atom stereocenters. The number of aromatic nitrogens is 1. The second-order valence-corrected chi connectivity index (χ2v) is 8.25. The zero-order chi connectivity index (χ0) is 19.2. The van der Waals surface area contributed by atoms with E-state index in [1.54, 1.807) is 30.3 Å². The lowest BCUT2D eigenvalue weighted by Gasteiger charge is -2.06. The molecule has 1 aromatic heterocycles. The number of Topliss-reactive ketones (excluding diaryl/α,β-unsaturated/α-hetero) is 1. The molecular weight excluding hydrogens is 424 g/mol. The van der Waals surface area contributed by atoms with Crippen LogP contribution in [0.3, 0.4) is 0 Å². The van der Waals surface area contributed by atoms with Crippen molar-refractivity contribution in [3.63, 3.8) is 0 Å². The predicted molar refractivity (Wildman–Crippen MR) is 99.5 cm³/mol. The zero-order valence-corrected chi connectivity index (χ0v) is 16.3. The molecule has 9 heteroatoms. The number of carbonyl (C=O) groups excluding carboxylic acids is 2. The highest BCUT2D eigenvalue weighted by molar-refractivity contribution is 9.10. The molecule has 0 spiro atoms. The molecule has 138 valence electrons. The van der Waals surface area contributed by atoms with Gasteiger partial charge in [0, 0.05) is 29.0 Å². The first-order chi connectivity index (χ1) is 12.2. The lowest BCUT2D eigenvalue weighted by molar-refractivity contribution is 0.0474. The van der Waals surface area contributed by atoms with E-state index in [9.17, 15) is 18.0 Å². The molecule has 0 bridgehead atoms.